The fourth-order valence-electron chi connectivity index (χ4n) is 5.66. The van der Waals surface area contributed by atoms with Crippen molar-refractivity contribution in [2.75, 3.05) is 18.4 Å². The van der Waals surface area contributed by atoms with E-state index in [9.17, 15) is 14.4 Å². The lowest BCUT2D eigenvalue weighted by Crippen LogP contribution is -2.57. The zero-order valence-electron chi connectivity index (χ0n) is 24.4. The fraction of sp³-hybridized carbons (Fsp3) is 0.438. The van der Waals surface area contributed by atoms with Crippen molar-refractivity contribution in [3.05, 3.63) is 70.4 Å². The SMILES string of the molecule is Cc1ncsc1-c1ccc([C@H](C)NC(=O)[C@@H]2CCCN2C(=O)C(NC(=O)c2ccc3c(c2)NCC3)C(C)(C)C)cc1. The van der Waals surface area contributed by atoms with Crippen molar-refractivity contribution in [2.24, 2.45) is 5.41 Å². The van der Waals surface area contributed by atoms with Crippen LogP contribution in [0.3, 0.4) is 0 Å². The Kier molecular flexibility index (Phi) is 8.18. The van der Waals surface area contributed by atoms with Crippen LogP contribution in [0.5, 0.6) is 0 Å². The van der Waals surface area contributed by atoms with Gasteiger partial charge in [0, 0.05) is 24.3 Å². The van der Waals surface area contributed by atoms with Crippen LogP contribution in [-0.4, -0.2) is 52.8 Å². The second-order valence-electron chi connectivity index (χ2n) is 12.1. The maximum atomic E-state index is 13.9. The molecule has 8 nitrogen and oxygen atoms in total. The highest BCUT2D eigenvalue weighted by atomic mass is 32.1. The lowest BCUT2D eigenvalue weighted by molar-refractivity contribution is -0.142. The predicted molar refractivity (Wildman–Crippen MR) is 163 cm³/mol. The maximum absolute atomic E-state index is 13.9. The standard InChI is InChI=1S/C32H39N5O3S/c1-19(21-8-11-23(12-9-21)27-20(2)34-18-41-27)35-30(39)26-7-6-16-37(26)31(40)28(32(3,4)5)36-29(38)24-13-10-22-14-15-33-25(22)17-24/h8-13,17-19,26,28,33H,6-7,14-16H2,1-5H3,(H,35,39)(H,36,38)/t19-,26-,28?/m0/s1. The highest BCUT2D eigenvalue weighted by molar-refractivity contribution is 7.13. The normalized spacial score (nSPS) is 17.9. The Morgan fingerprint density at radius 3 is 2.54 bits per heavy atom. The van der Waals surface area contributed by atoms with E-state index >= 15 is 0 Å². The minimum Gasteiger partial charge on any atom is -0.384 e. The number of hydrogen-bond acceptors (Lipinski definition) is 6. The molecule has 3 heterocycles. The Morgan fingerprint density at radius 2 is 1.85 bits per heavy atom. The van der Waals surface area contributed by atoms with Crippen molar-refractivity contribution in [3.63, 3.8) is 0 Å². The molecule has 2 aliphatic rings. The Labute approximate surface area is 245 Å². The van der Waals surface area contributed by atoms with Crippen LogP contribution < -0.4 is 16.0 Å². The first-order valence-corrected chi connectivity index (χ1v) is 15.2. The Hall–Kier alpha value is -3.72. The smallest absolute Gasteiger partial charge is 0.252 e. The van der Waals surface area contributed by atoms with Gasteiger partial charge in [0.1, 0.15) is 12.1 Å². The molecule has 3 atom stereocenters. The number of nitrogens with zero attached hydrogens (tertiary/aromatic N) is 2. The van der Waals surface area contributed by atoms with Gasteiger partial charge in [0.25, 0.3) is 5.91 Å². The quantitative estimate of drug-likeness (QED) is 0.365. The van der Waals surface area contributed by atoms with Crippen molar-refractivity contribution in [2.45, 2.75) is 72.0 Å². The molecule has 1 unspecified atom stereocenters. The number of amides is 3. The van der Waals surface area contributed by atoms with Gasteiger partial charge in [-0.1, -0.05) is 51.1 Å². The summed E-state index contributed by atoms with van der Waals surface area (Å²) < 4.78 is 0. The summed E-state index contributed by atoms with van der Waals surface area (Å²) in [6.45, 7) is 11.1. The molecule has 216 valence electrons. The van der Waals surface area contributed by atoms with Gasteiger partial charge in [0.2, 0.25) is 11.8 Å². The average Bonchev–Trinajstić information content (AvgIpc) is 3.71. The van der Waals surface area contributed by atoms with Crippen LogP contribution in [0.25, 0.3) is 10.4 Å². The molecule has 1 saturated heterocycles. The van der Waals surface area contributed by atoms with Gasteiger partial charge in [-0.25, -0.2) is 4.98 Å². The summed E-state index contributed by atoms with van der Waals surface area (Å²) in [7, 11) is 0. The van der Waals surface area contributed by atoms with Crippen LogP contribution in [0, 0.1) is 12.3 Å². The van der Waals surface area contributed by atoms with Crippen LogP contribution in [0.2, 0.25) is 0 Å². The molecule has 0 saturated carbocycles. The molecule has 3 amide bonds. The Bertz CT molecular complexity index is 1440. The summed E-state index contributed by atoms with van der Waals surface area (Å²) in [5.41, 5.74) is 7.07. The minimum absolute atomic E-state index is 0.172. The molecule has 1 aromatic heterocycles. The summed E-state index contributed by atoms with van der Waals surface area (Å²) in [5.74, 6) is -0.685. The third kappa shape index (κ3) is 6.15. The number of nitrogens with one attached hydrogen (secondary N) is 3. The molecule has 0 bridgehead atoms. The highest BCUT2D eigenvalue weighted by Gasteiger charge is 2.42. The summed E-state index contributed by atoms with van der Waals surface area (Å²) in [4.78, 5) is 47.8. The van der Waals surface area contributed by atoms with Crippen LogP contribution >= 0.6 is 11.3 Å². The van der Waals surface area contributed by atoms with Gasteiger partial charge >= 0.3 is 0 Å². The predicted octanol–water partition coefficient (Wildman–Crippen LogP) is 5.10. The van der Waals surface area contributed by atoms with E-state index in [1.54, 1.807) is 16.2 Å². The van der Waals surface area contributed by atoms with E-state index in [2.05, 4.69) is 33.1 Å². The van der Waals surface area contributed by atoms with Crippen LogP contribution in [0.15, 0.2) is 48.0 Å². The summed E-state index contributed by atoms with van der Waals surface area (Å²) in [6, 6.07) is 12.2. The molecule has 3 N–H and O–H groups in total. The number of thiazole rings is 1. The van der Waals surface area contributed by atoms with Crippen molar-refractivity contribution >= 4 is 34.7 Å². The molecule has 0 aliphatic carbocycles. The molecular formula is C32H39N5O3S. The molecule has 5 rings (SSSR count). The largest absolute Gasteiger partial charge is 0.384 e. The van der Waals surface area contributed by atoms with E-state index in [-0.39, 0.29) is 23.8 Å². The van der Waals surface area contributed by atoms with E-state index in [1.807, 2.05) is 70.5 Å². The van der Waals surface area contributed by atoms with E-state index < -0.39 is 17.5 Å². The van der Waals surface area contributed by atoms with E-state index in [0.717, 1.165) is 46.8 Å². The van der Waals surface area contributed by atoms with Crippen molar-refractivity contribution in [3.8, 4) is 10.4 Å². The number of carbonyl (C=O) groups is 3. The van der Waals surface area contributed by atoms with Crippen molar-refractivity contribution < 1.29 is 14.4 Å². The van der Waals surface area contributed by atoms with E-state index in [4.69, 9.17) is 0 Å². The number of anilines is 1. The van der Waals surface area contributed by atoms with Crippen molar-refractivity contribution in [1.82, 2.24) is 20.5 Å². The monoisotopic (exact) mass is 573 g/mol. The van der Waals surface area contributed by atoms with E-state index in [1.165, 1.54) is 5.56 Å². The van der Waals surface area contributed by atoms with Gasteiger partial charge < -0.3 is 20.9 Å². The van der Waals surface area contributed by atoms with Gasteiger partial charge in [0.05, 0.1) is 22.1 Å². The van der Waals surface area contributed by atoms with Crippen LogP contribution in [0.1, 0.15) is 73.8 Å². The van der Waals surface area contributed by atoms with Crippen molar-refractivity contribution in [1.29, 1.82) is 0 Å². The van der Waals surface area contributed by atoms with Crippen LogP contribution in [-0.2, 0) is 16.0 Å². The number of rotatable bonds is 7. The molecule has 3 aromatic rings. The van der Waals surface area contributed by atoms with Crippen LogP contribution in [0.4, 0.5) is 5.69 Å². The first-order chi connectivity index (χ1) is 19.5. The molecule has 2 aromatic carbocycles. The topological polar surface area (TPSA) is 103 Å². The zero-order chi connectivity index (χ0) is 29.3. The number of aromatic nitrogens is 1. The Morgan fingerprint density at radius 1 is 1.10 bits per heavy atom. The van der Waals surface area contributed by atoms with Gasteiger partial charge in [0.15, 0.2) is 0 Å². The Balaban J connectivity index is 1.26. The third-order valence-electron chi connectivity index (χ3n) is 8.09. The molecule has 1 fully saturated rings. The number of carbonyl (C=O) groups excluding carboxylic acids is 3. The van der Waals surface area contributed by atoms with Gasteiger partial charge in [-0.05, 0) is 67.3 Å². The first-order valence-electron chi connectivity index (χ1n) is 14.3. The summed E-state index contributed by atoms with van der Waals surface area (Å²) in [6.07, 6.45) is 2.27. The highest BCUT2D eigenvalue weighted by Crippen LogP contribution is 2.30. The van der Waals surface area contributed by atoms with E-state index in [0.29, 0.717) is 18.5 Å². The summed E-state index contributed by atoms with van der Waals surface area (Å²) in [5, 5.41) is 9.42. The second kappa shape index (κ2) is 11.6. The molecule has 0 radical (unpaired) electrons. The zero-order valence-corrected chi connectivity index (χ0v) is 25.2. The molecule has 0 spiro atoms. The fourth-order valence-corrected chi connectivity index (χ4v) is 6.47. The van der Waals surface area contributed by atoms with Gasteiger partial charge in [-0.3, -0.25) is 14.4 Å². The minimum atomic E-state index is -0.773. The third-order valence-corrected chi connectivity index (χ3v) is 9.06. The van der Waals surface area contributed by atoms with Gasteiger partial charge in [-0.15, -0.1) is 11.3 Å². The number of fused-ring (bicyclic) bond motifs is 1. The maximum Gasteiger partial charge on any atom is 0.252 e. The molecule has 9 heteroatoms. The number of aryl methyl sites for hydroxylation is 1. The lowest BCUT2D eigenvalue weighted by atomic mass is 9.85. The number of hydrogen-bond donors (Lipinski definition) is 3. The second-order valence-corrected chi connectivity index (χ2v) is 13.0. The van der Waals surface area contributed by atoms with Gasteiger partial charge in [-0.2, -0.15) is 0 Å². The molecular weight excluding hydrogens is 534 g/mol. The number of likely N-dealkylation sites (tertiary alicyclic amines) is 1. The lowest BCUT2D eigenvalue weighted by Gasteiger charge is -2.35. The average molecular weight is 574 g/mol. The summed E-state index contributed by atoms with van der Waals surface area (Å²) >= 11 is 1.61. The number of benzene rings is 2. The molecule has 41 heavy (non-hydrogen) atoms. The first kappa shape index (κ1) is 28.8. The molecule has 2 aliphatic heterocycles.